The molecule has 4 heteroatoms. The Labute approximate surface area is 79.7 Å². The highest BCUT2D eigenvalue weighted by Gasteiger charge is 2.29. The van der Waals surface area contributed by atoms with Crippen molar-refractivity contribution in [3.63, 3.8) is 0 Å². The molecule has 1 rings (SSSR count). The molecular formula is C9H15NO2S. The monoisotopic (exact) mass is 201 g/mol. The van der Waals surface area contributed by atoms with Crippen molar-refractivity contribution >= 4 is 9.84 Å². The first kappa shape index (κ1) is 10.5. The van der Waals surface area contributed by atoms with Crippen LogP contribution in [-0.4, -0.2) is 19.4 Å². The van der Waals surface area contributed by atoms with Gasteiger partial charge in [0.15, 0.2) is 9.84 Å². The van der Waals surface area contributed by atoms with Crippen LogP contribution in [0.1, 0.15) is 32.6 Å². The van der Waals surface area contributed by atoms with Crippen LogP contribution in [0.2, 0.25) is 0 Å². The molecule has 0 amide bonds. The molecule has 0 aliphatic heterocycles. The summed E-state index contributed by atoms with van der Waals surface area (Å²) >= 11 is 0. The molecule has 0 aromatic carbocycles. The Bertz CT molecular complexity index is 302. The van der Waals surface area contributed by atoms with Crippen LogP contribution in [0.15, 0.2) is 0 Å². The Kier molecular flexibility index (Phi) is 3.32. The fourth-order valence-electron chi connectivity index (χ4n) is 1.91. The van der Waals surface area contributed by atoms with E-state index in [-0.39, 0.29) is 11.0 Å². The standard InChI is InChI=1S/C9H15NO2S/c1-8-3-2-4-9(7-8)13(11,12)6-5-10/h8-9H,2-4,6-7H2,1H3. The number of nitriles is 1. The van der Waals surface area contributed by atoms with Crippen LogP contribution in [0.4, 0.5) is 0 Å². The van der Waals surface area contributed by atoms with E-state index in [1.54, 1.807) is 6.07 Å². The molecule has 0 aromatic heterocycles. The van der Waals surface area contributed by atoms with Gasteiger partial charge in [-0.2, -0.15) is 5.26 Å². The van der Waals surface area contributed by atoms with Gasteiger partial charge in [-0.05, 0) is 18.8 Å². The average Bonchev–Trinajstić information content (AvgIpc) is 2.04. The fraction of sp³-hybridized carbons (Fsp3) is 0.889. The number of nitrogens with zero attached hydrogens (tertiary/aromatic N) is 1. The van der Waals surface area contributed by atoms with E-state index < -0.39 is 9.84 Å². The molecule has 0 aromatic rings. The number of rotatable bonds is 2. The molecule has 1 saturated carbocycles. The van der Waals surface area contributed by atoms with Crippen molar-refractivity contribution in [1.82, 2.24) is 0 Å². The zero-order valence-electron chi connectivity index (χ0n) is 7.86. The summed E-state index contributed by atoms with van der Waals surface area (Å²) in [6.07, 6.45) is 3.59. The normalized spacial score (nSPS) is 29.5. The lowest BCUT2D eigenvalue weighted by Gasteiger charge is -2.25. The summed E-state index contributed by atoms with van der Waals surface area (Å²) in [7, 11) is -3.13. The zero-order valence-corrected chi connectivity index (χ0v) is 8.68. The van der Waals surface area contributed by atoms with Crippen molar-refractivity contribution in [3.05, 3.63) is 0 Å². The van der Waals surface area contributed by atoms with E-state index in [0.29, 0.717) is 5.92 Å². The molecule has 1 aliphatic rings. The van der Waals surface area contributed by atoms with E-state index in [2.05, 4.69) is 6.92 Å². The van der Waals surface area contributed by atoms with Gasteiger partial charge in [0.05, 0.1) is 11.3 Å². The second-order valence-corrected chi connectivity index (χ2v) is 6.14. The van der Waals surface area contributed by atoms with Gasteiger partial charge < -0.3 is 0 Å². The van der Waals surface area contributed by atoms with Crippen LogP contribution < -0.4 is 0 Å². The fourth-order valence-corrected chi connectivity index (χ4v) is 3.48. The maximum absolute atomic E-state index is 11.5. The Morgan fingerprint density at radius 2 is 2.15 bits per heavy atom. The summed E-state index contributed by atoms with van der Waals surface area (Å²) in [6.45, 7) is 2.08. The molecule has 0 saturated heterocycles. The minimum absolute atomic E-state index is 0.254. The SMILES string of the molecule is CC1CCCC(S(=O)(=O)CC#N)C1. The molecule has 0 heterocycles. The highest BCUT2D eigenvalue weighted by atomic mass is 32.2. The van der Waals surface area contributed by atoms with Gasteiger partial charge in [-0.15, -0.1) is 0 Å². The Hall–Kier alpha value is -0.560. The van der Waals surface area contributed by atoms with Gasteiger partial charge in [0, 0.05) is 0 Å². The van der Waals surface area contributed by atoms with E-state index in [4.69, 9.17) is 5.26 Å². The van der Waals surface area contributed by atoms with Crippen molar-refractivity contribution in [2.75, 3.05) is 5.75 Å². The van der Waals surface area contributed by atoms with E-state index in [1.165, 1.54) is 0 Å². The molecule has 0 N–H and O–H groups in total. The van der Waals surface area contributed by atoms with Crippen LogP contribution in [-0.2, 0) is 9.84 Å². The topological polar surface area (TPSA) is 57.9 Å². The first-order valence-electron chi connectivity index (χ1n) is 4.65. The number of hydrogen-bond acceptors (Lipinski definition) is 3. The summed E-state index contributed by atoms with van der Waals surface area (Å²) in [6, 6.07) is 1.73. The molecular weight excluding hydrogens is 186 g/mol. The molecule has 0 bridgehead atoms. The van der Waals surface area contributed by atoms with Gasteiger partial charge in [-0.25, -0.2) is 8.42 Å². The first-order valence-corrected chi connectivity index (χ1v) is 6.36. The maximum atomic E-state index is 11.5. The molecule has 1 fully saturated rings. The van der Waals surface area contributed by atoms with Gasteiger partial charge in [-0.1, -0.05) is 19.8 Å². The third-order valence-electron chi connectivity index (χ3n) is 2.66. The molecule has 1 aliphatic carbocycles. The van der Waals surface area contributed by atoms with Gasteiger partial charge in [-0.3, -0.25) is 0 Å². The van der Waals surface area contributed by atoms with Crippen molar-refractivity contribution < 1.29 is 8.42 Å². The highest BCUT2D eigenvalue weighted by Crippen LogP contribution is 2.28. The van der Waals surface area contributed by atoms with E-state index in [0.717, 1.165) is 25.7 Å². The lowest BCUT2D eigenvalue weighted by Crippen LogP contribution is -2.28. The third kappa shape index (κ3) is 2.70. The van der Waals surface area contributed by atoms with Gasteiger partial charge >= 0.3 is 0 Å². The predicted molar refractivity (Wildman–Crippen MR) is 50.8 cm³/mol. The van der Waals surface area contributed by atoms with Crippen molar-refractivity contribution in [2.24, 2.45) is 5.92 Å². The molecule has 3 nitrogen and oxygen atoms in total. The molecule has 13 heavy (non-hydrogen) atoms. The largest absolute Gasteiger partial charge is 0.227 e. The molecule has 2 atom stereocenters. The van der Waals surface area contributed by atoms with Gasteiger partial charge in [0.2, 0.25) is 0 Å². The highest BCUT2D eigenvalue weighted by molar-refractivity contribution is 7.92. The van der Waals surface area contributed by atoms with Crippen LogP contribution in [0.25, 0.3) is 0 Å². The molecule has 0 radical (unpaired) electrons. The third-order valence-corrected chi connectivity index (χ3v) is 4.64. The van der Waals surface area contributed by atoms with Crippen molar-refractivity contribution in [2.45, 2.75) is 37.9 Å². The minimum Gasteiger partial charge on any atom is -0.227 e. The zero-order chi connectivity index (χ0) is 9.90. The Morgan fingerprint density at radius 1 is 1.46 bits per heavy atom. The van der Waals surface area contributed by atoms with E-state index in [1.807, 2.05) is 0 Å². The van der Waals surface area contributed by atoms with Gasteiger partial charge in [0.25, 0.3) is 0 Å². The second kappa shape index (κ2) is 4.10. The Balaban J connectivity index is 2.66. The summed E-state index contributed by atoms with van der Waals surface area (Å²) in [5.74, 6) is 0.178. The number of hydrogen-bond donors (Lipinski definition) is 0. The van der Waals surface area contributed by atoms with Crippen LogP contribution in [0, 0.1) is 17.2 Å². The van der Waals surface area contributed by atoms with Gasteiger partial charge in [0.1, 0.15) is 5.75 Å². The summed E-state index contributed by atoms with van der Waals surface area (Å²) in [5.41, 5.74) is 0. The summed E-state index contributed by atoms with van der Waals surface area (Å²) in [5, 5.41) is 8.12. The molecule has 0 spiro atoms. The minimum atomic E-state index is -3.13. The van der Waals surface area contributed by atoms with E-state index in [9.17, 15) is 8.42 Å². The summed E-state index contributed by atoms with van der Waals surface area (Å²) in [4.78, 5) is 0. The van der Waals surface area contributed by atoms with Crippen LogP contribution in [0.3, 0.4) is 0 Å². The number of sulfone groups is 1. The molecule has 2 unspecified atom stereocenters. The van der Waals surface area contributed by atoms with Crippen LogP contribution in [0.5, 0.6) is 0 Å². The summed E-state index contributed by atoms with van der Waals surface area (Å²) < 4.78 is 23.0. The predicted octanol–water partition coefficient (Wildman–Crippen LogP) is 1.50. The molecule has 74 valence electrons. The van der Waals surface area contributed by atoms with Crippen molar-refractivity contribution in [1.29, 1.82) is 5.26 Å². The quantitative estimate of drug-likeness (QED) is 0.680. The van der Waals surface area contributed by atoms with Crippen molar-refractivity contribution in [3.8, 4) is 6.07 Å². The maximum Gasteiger partial charge on any atom is 0.166 e. The van der Waals surface area contributed by atoms with E-state index >= 15 is 0 Å². The Morgan fingerprint density at radius 3 is 2.69 bits per heavy atom. The second-order valence-electron chi connectivity index (χ2n) is 3.86. The van der Waals surface area contributed by atoms with Crippen LogP contribution >= 0.6 is 0 Å². The lowest BCUT2D eigenvalue weighted by atomic mass is 9.91. The first-order chi connectivity index (χ1) is 6.06. The smallest absolute Gasteiger partial charge is 0.166 e. The lowest BCUT2D eigenvalue weighted by molar-refractivity contribution is 0.382. The average molecular weight is 201 g/mol.